The zero-order valence-electron chi connectivity index (χ0n) is 9.71. The van der Waals surface area contributed by atoms with Gasteiger partial charge in [-0.25, -0.2) is 0 Å². The van der Waals surface area contributed by atoms with Crippen LogP contribution in [0.3, 0.4) is 0 Å². The number of hydrogen-bond acceptors (Lipinski definition) is 4. The van der Waals surface area contributed by atoms with Crippen LogP contribution in [0.4, 0.5) is 0 Å². The molecule has 0 spiro atoms. The lowest BCUT2D eigenvalue weighted by Crippen LogP contribution is -1.97. The molecular weight excluding hydrogens is 266 g/mol. The molecule has 0 aliphatic heterocycles. The van der Waals surface area contributed by atoms with Crippen molar-refractivity contribution < 1.29 is 4.74 Å². The van der Waals surface area contributed by atoms with E-state index >= 15 is 0 Å². The van der Waals surface area contributed by atoms with Crippen LogP contribution in [0.2, 0.25) is 0 Å². The second-order valence-corrected chi connectivity index (χ2v) is 5.22. The number of H-pyrrole nitrogens is 1. The van der Waals surface area contributed by atoms with Crippen molar-refractivity contribution in [1.29, 1.82) is 0 Å². The van der Waals surface area contributed by atoms with Crippen LogP contribution >= 0.6 is 23.6 Å². The molecule has 1 aromatic carbocycles. The van der Waals surface area contributed by atoms with Gasteiger partial charge in [0, 0.05) is 17.1 Å². The summed E-state index contributed by atoms with van der Waals surface area (Å²) in [5.74, 6) is 0.823. The van der Waals surface area contributed by atoms with Crippen LogP contribution in [0, 0.1) is 4.77 Å². The van der Waals surface area contributed by atoms with Crippen LogP contribution in [0.25, 0.3) is 11.0 Å². The van der Waals surface area contributed by atoms with Gasteiger partial charge in [0.25, 0.3) is 0 Å². The zero-order chi connectivity index (χ0) is 12.5. The van der Waals surface area contributed by atoms with Crippen LogP contribution < -0.4 is 4.74 Å². The molecule has 3 aromatic rings. The number of nitrogens with one attached hydrogen (secondary N) is 1. The highest BCUT2D eigenvalue weighted by Crippen LogP contribution is 2.21. The Bertz CT molecular complexity index is 727. The van der Waals surface area contributed by atoms with Crippen molar-refractivity contribution in [3.63, 3.8) is 0 Å². The summed E-state index contributed by atoms with van der Waals surface area (Å²) in [7, 11) is 1.66. The number of aromatic amines is 1. The molecule has 1 N–H and O–H groups in total. The minimum absolute atomic E-state index is 0.714. The smallest absolute Gasteiger partial charge is 0.178 e. The first-order valence-electron chi connectivity index (χ1n) is 5.42. The van der Waals surface area contributed by atoms with Crippen molar-refractivity contribution in [2.45, 2.75) is 6.54 Å². The largest absolute Gasteiger partial charge is 0.497 e. The van der Waals surface area contributed by atoms with Gasteiger partial charge in [0.2, 0.25) is 0 Å². The summed E-state index contributed by atoms with van der Waals surface area (Å²) in [4.78, 5) is 8.46. The van der Waals surface area contributed by atoms with E-state index in [4.69, 9.17) is 17.0 Å². The van der Waals surface area contributed by atoms with Crippen LogP contribution in [-0.4, -0.2) is 21.6 Å². The molecule has 0 unspecified atom stereocenters. The van der Waals surface area contributed by atoms with E-state index in [2.05, 4.69) is 14.5 Å². The fourth-order valence-electron chi connectivity index (χ4n) is 1.90. The summed E-state index contributed by atoms with van der Waals surface area (Å²) in [5, 5.41) is 0. The maximum Gasteiger partial charge on any atom is 0.178 e. The molecule has 18 heavy (non-hydrogen) atoms. The van der Waals surface area contributed by atoms with Gasteiger partial charge >= 0.3 is 0 Å². The molecule has 0 radical (unpaired) electrons. The highest BCUT2D eigenvalue weighted by Gasteiger charge is 2.06. The van der Waals surface area contributed by atoms with E-state index in [0.29, 0.717) is 4.77 Å². The fourth-order valence-corrected chi connectivity index (χ4v) is 2.76. The zero-order valence-corrected chi connectivity index (χ0v) is 11.3. The summed E-state index contributed by atoms with van der Waals surface area (Å²) in [5.41, 5.74) is 3.90. The van der Waals surface area contributed by atoms with E-state index in [1.807, 2.05) is 29.9 Å². The molecule has 0 bridgehead atoms. The van der Waals surface area contributed by atoms with Crippen molar-refractivity contribution in [2.24, 2.45) is 0 Å². The van der Waals surface area contributed by atoms with Gasteiger partial charge in [-0.1, -0.05) is 0 Å². The second kappa shape index (κ2) is 4.55. The first-order valence-corrected chi connectivity index (χ1v) is 6.70. The Kier molecular flexibility index (Phi) is 2.89. The van der Waals surface area contributed by atoms with Crippen LogP contribution in [0.5, 0.6) is 5.75 Å². The summed E-state index contributed by atoms with van der Waals surface area (Å²) in [6.07, 6.45) is 1.87. The summed E-state index contributed by atoms with van der Waals surface area (Å²) >= 11 is 6.99. The molecule has 2 heterocycles. The number of benzene rings is 1. The third kappa shape index (κ3) is 1.93. The van der Waals surface area contributed by atoms with Gasteiger partial charge in [0.1, 0.15) is 5.75 Å². The SMILES string of the molecule is COc1ccc2c(c1)[nH]c(=S)n2Cc1cncs1. The second-order valence-electron chi connectivity index (χ2n) is 3.87. The average Bonchev–Trinajstić information content (AvgIpc) is 2.98. The molecule has 92 valence electrons. The summed E-state index contributed by atoms with van der Waals surface area (Å²) in [6, 6.07) is 5.91. The Hall–Kier alpha value is -1.66. The molecule has 0 fully saturated rings. The minimum Gasteiger partial charge on any atom is -0.497 e. The van der Waals surface area contributed by atoms with Crippen molar-refractivity contribution in [2.75, 3.05) is 7.11 Å². The normalized spacial score (nSPS) is 10.9. The van der Waals surface area contributed by atoms with Gasteiger partial charge in [0.05, 0.1) is 30.2 Å². The number of thiazole rings is 1. The standard InChI is InChI=1S/C12H11N3OS2/c1-16-8-2-3-11-10(4-8)14-12(17)15(11)6-9-5-13-7-18-9/h2-5,7H,6H2,1H3,(H,14,17). The minimum atomic E-state index is 0.714. The molecule has 0 aliphatic rings. The van der Waals surface area contributed by atoms with E-state index in [9.17, 15) is 0 Å². The lowest BCUT2D eigenvalue weighted by Gasteiger charge is -2.03. The Morgan fingerprint density at radius 1 is 1.50 bits per heavy atom. The molecular formula is C12H11N3OS2. The van der Waals surface area contributed by atoms with E-state index < -0.39 is 0 Å². The number of methoxy groups -OCH3 is 1. The monoisotopic (exact) mass is 277 g/mol. The van der Waals surface area contributed by atoms with E-state index in [1.54, 1.807) is 18.4 Å². The number of nitrogens with zero attached hydrogens (tertiary/aromatic N) is 2. The first kappa shape index (κ1) is 11.4. The highest BCUT2D eigenvalue weighted by molar-refractivity contribution is 7.71. The molecule has 6 heteroatoms. The lowest BCUT2D eigenvalue weighted by atomic mass is 10.3. The Balaban J connectivity index is 2.11. The number of hydrogen-bond donors (Lipinski definition) is 1. The van der Waals surface area contributed by atoms with Crippen LogP contribution in [0.1, 0.15) is 4.88 Å². The van der Waals surface area contributed by atoms with Gasteiger partial charge in [-0.15, -0.1) is 11.3 Å². The number of rotatable bonds is 3. The van der Waals surface area contributed by atoms with Gasteiger partial charge in [-0.05, 0) is 24.4 Å². The maximum atomic E-state index is 5.36. The lowest BCUT2D eigenvalue weighted by molar-refractivity contribution is 0.415. The van der Waals surface area contributed by atoms with E-state index in [1.165, 1.54) is 4.88 Å². The third-order valence-corrected chi connectivity index (χ3v) is 3.87. The Morgan fingerprint density at radius 2 is 2.39 bits per heavy atom. The highest BCUT2D eigenvalue weighted by atomic mass is 32.1. The van der Waals surface area contributed by atoms with Gasteiger partial charge in [0.15, 0.2) is 4.77 Å². The summed E-state index contributed by atoms with van der Waals surface area (Å²) in [6.45, 7) is 0.746. The number of ether oxygens (including phenoxy) is 1. The number of fused-ring (bicyclic) bond motifs is 1. The quantitative estimate of drug-likeness (QED) is 0.748. The molecule has 2 aromatic heterocycles. The van der Waals surface area contributed by atoms with E-state index in [0.717, 1.165) is 23.3 Å². The Morgan fingerprint density at radius 3 is 3.11 bits per heavy atom. The molecule has 0 amide bonds. The molecule has 0 atom stereocenters. The van der Waals surface area contributed by atoms with Gasteiger partial charge in [-0.2, -0.15) is 0 Å². The predicted octanol–water partition coefficient (Wildman–Crippen LogP) is 3.21. The fraction of sp³-hybridized carbons (Fsp3) is 0.167. The summed E-state index contributed by atoms with van der Waals surface area (Å²) < 4.78 is 7.99. The molecule has 0 aliphatic carbocycles. The van der Waals surface area contributed by atoms with Crippen molar-refractivity contribution >= 4 is 34.6 Å². The number of aromatic nitrogens is 3. The van der Waals surface area contributed by atoms with Crippen LogP contribution in [0.15, 0.2) is 29.9 Å². The maximum absolute atomic E-state index is 5.36. The van der Waals surface area contributed by atoms with Crippen LogP contribution in [-0.2, 0) is 6.54 Å². The van der Waals surface area contributed by atoms with Crippen molar-refractivity contribution in [3.8, 4) is 5.75 Å². The predicted molar refractivity (Wildman–Crippen MR) is 74.9 cm³/mol. The van der Waals surface area contributed by atoms with Crippen molar-refractivity contribution in [3.05, 3.63) is 39.6 Å². The first-order chi connectivity index (χ1) is 8.78. The van der Waals surface area contributed by atoms with Crippen molar-refractivity contribution in [1.82, 2.24) is 14.5 Å². The Labute approximate surface area is 113 Å². The molecule has 0 saturated heterocycles. The van der Waals surface area contributed by atoms with Gasteiger partial charge < -0.3 is 14.3 Å². The molecule has 0 saturated carbocycles. The average molecular weight is 277 g/mol. The van der Waals surface area contributed by atoms with E-state index in [-0.39, 0.29) is 0 Å². The molecule has 4 nitrogen and oxygen atoms in total. The molecule has 3 rings (SSSR count). The number of imidazole rings is 1. The topological polar surface area (TPSA) is 42.8 Å². The third-order valence-electron chi connectivity index (χ3n) is 2.78. The van der Waals surface area contributed by atoms with Gasteiger partial charge in [-0.3, -0.25) is 4.98 Å².